The quantitative estimate of drug-likeness (QED) is 0.479. The summed E-state index contributed by atoms with van der Waals surface area (Å²) in [5.74, 6) is -0.163. The van der Waals surface area contributed by atoms with E-state index in [4.69, 9.17) is 19.7 Å². The normalized spacial score (nSPS) is 9.05. The standard InChI is InChI=1S/C10H20O2.C4H10O.C2H6O2/c1-3-4-5-6-7-8-9-12-10(2)11;1-3-5-4-2;3-1-2-4/h3-9H2,1-2H3;3-4H2,1-2H3;3-4H,1-2H2. The average Bonchev–Trinajstić information content (AvgIpc) is 2.48. The maximum Gasteiger partial charge on any atom is 0.302 e. The second-order valence-corrected chi connectivity index (χ2v) is 4.34. The van der Waals surface area contributed by atoms with Crippen LogP contribution in [0.15, 0.2) is 0 Å². The Kier molecular flexibility index (Phi) is 33.3. The van der Waals surface area contributed by atoms with Gasteiger partial charge in [0, 0.05) is 20.1 Å². The van der Waals surface area contributed by atoms with Crippen molar-refractivity contribution in [1.82, 2.24) is 0 Å². The second-order valence-electron chi connectivity index (χ2n) is 4.34. The second kappa shape index (κ2) is 27.7. The van der Waals surface area contributed by atoms with Crippen molar-refractivity contribution in [2.75, 3.05) is 33.0 Å². The zero-order chi connectivity index (χ0) is 16.8. The van der Waals surface area contributed by atoms with Gasteiger partial charge in [0.15, 0.2) is 0 Å². The van der Waals surface area contributed by atoms with Crippen molar-refractivity contribution in [3.63, 3.8) is 0 Å². The van der Waals surface area contributed by atoms with Gasteiger partial charge in [-0.25, -0.2) is 0 Å². The Bertz CT molecular complexity index is 170. The summed E-state index contributed by atoms with van der Waals surface area (Å²) in [5, 5.41) is 15.2. The highest BCUT2D eigenvalue weighted by Gasteiger charge is 1.92. The maximum absolute atomic E-state index is 10.4. The van der Waals surface area contributed by atoms with Crippen LogP contribution in [0.5, 0.6) is 0 Å². The molecule has 2 N–H and O–H groups in total. The fourth-order valence-electron chi connectivity index (χ4n) is 1.30. The van der Waals surface area contributed by atoms with Gasteiger partial charge < -0.3 is 19.7 Å². The van der Waals surface area contributed by atoms with Crippen molar-refractivity contribution < 1.29 is 24.5 Å². The molecule has 0 bridgehead atoms. The van der Waals surface area contributed by atoms with Gasteiger partial charge in [0.25, 0.3) is 0 Å². The van der Waals surface area contributed by atoms with Crippen LogP contribution in [0.3, 0.4) is 0 Å². The molecule has 0 amide bonds. The number of ether oxygens (including phenoxy) is 2. The molecule has 0 atom stereocenters. The van der Waals surface area contributed by atoms with Crippen molar-refractivity contribution in [2.45, 2.75) is 66.2 Å². The van der Waals surface area contributed by atoms with Crippen LogP contribution >= 0.6 is 0 Å². The van der Waals surface area contributed by atoms with Crippen molar-refractivity contribution in [1.29, 1.82) is 0 Å². The number of carbonyl (C=O) groups is 1. The van der Waals surface area contributed by atoms with Gasteiger partial charge in [-0.3, -0.25) is 4.79 Å². The van der Waals surface area contributed by atoms with Gasteiger partial charge in [-0.05, 0) is 20.3 Å². The first-order chi connectivity index (χ1) is 10.1. The summed E-state index contributed by atoms with van der Waals surface area (Å²) in [6.45, 7) is 9.68. The molecule has 0 heterocycles. The summed E-state index contributed by atoms with van der Waals surface area (Å²) in [5.41, 5.74) is 0. The number of unbranched alkanes of at least 4 members (excludes halogenated alkanes) is 5. The Labute approximate surface area is 130 Å². The van der Waals surface area contributed by atoms with Gasteiger partial charge in [0.1, 0.15) is 0 Å². The number of rotatable bonds is 10. The Balaban J connectivity index is -0.000000297. The molecule has 0 saturated carbocycles. The molecule has 0 aromatic heterocycles. The van der Waals surface area contributed by atoms with Gasteiger partial charge in [0.2, 0.25) is 0 Å². The molecule has 0 fully saturated rings. The highest BCUT2D eigenvalue weighted by Crippen LogP contribution is 2.04. The molecular formula is C16H36O5. The highest BCUT2D eigenvalue weighted by molar-refractivity contribution is 5.65. The van der Waals surface area contributed by atoms with Crippen LogP contribution in [0.2, 0.25) is 0 Å². The minimum Gasteiger partial charge on any atom is -0.466 e. The average molecular weight is 308 g/mol. The van der Waals surface area contributed by atoms with Crippen molar-refractivity contribution in [2.24, 2.45) is 0 Å². The van der Waals surface area contributed by atoms with Gasteiger partial charge in [-0.1, -0.05) is 39.0 Å². The van der Waals surface area contributed by atoms with E-state index in [0.717, 1.165) is 19.6 Å². The third-order valence-electron chi connectivity index (χ3n) is 2.31. The molecule has 0 rings (SSSR count). The lowest BCUT2D eigenvalue weighted by Gasteiger charge is -2.01. The van der Waals surface area contributed by atoms with Crippen LogP contribution in [-0.2, 0) is 14.3 Å². The lowest BCUT2D eigenvalue weighted by molar-refractivity contribution is -0.141. The predicted molar refractivity (Wildman–Crippen MR) is 86.3 cm³/mol. The molecule has 0 aliphatic heterocycles. The fraction of sp³-hybridized carbons (Fsp3) is 0.938. The molecule has 0 aliphatic carbocycles. The minimum atomic E-state index is -0.163. The van der Waals surface area contributed by atoms with Crippen LogP contribution in [0, 0.1) is 0 Å². The summed E-state index contributed by atoms with van der Waals surface area (Å²) in [6, 6.07) is 0. The number of hydrogen-bond acceptors (Lipinski definition) is 5. The molecule has 0 aliphatic rings. The third-order valence-corrected chi connectivity index (χ3v) is 2.31. The number of esters is 1. The summed E-state index contributed by atoms with van der Waals surface area (Å²) in [6.07, 6.45) is 7.40. The monoisotopic (exact) mass is 308 g/mol. The van der Waals surface area contributed by atoms with E-state index in [1.54, 1.807) is 0 Å². The van der Waals surface area contributed by atoms with E-state index in [9.17, 15) is 4.79 Å². The van der Waals surface area contributed by atoms with Crippen molar-refractivity contribution in [3.05, 3.63) is 0 Å². The molecular weight excluding hydrogens is 272 g/mol. The largest absolute Gasteiger partial charge is 0.466 e. The molecule has 21 heavy (non-hydrogen) atoms. The first kappa shape index (κ1) is 25.3. The van der Waals surface area contributed by atoms with E-state index in [1.807, 2.05) is 13.8 Å². The summed E-state index contributed by atoms with van der Waals surface area (Å²) < 4.78 is 9.64. The molecule has 5 nitrogen and oxygen atoms in total. The Morgan fingerprint density at radius 2 is 1.33 bits per heavy atom. The first-order valence-corrected chi connectivity index (χ1v) is 8.03. The van der Waals surface area contributed by atoms with Crippen LogP contribution in [0.4, 0.5) is 0 Å². The van der Waals surface area contributed by atoms with Crippen LogP contribution in [0.1, 0.15) is 66.2 Å². The van der Waals surface area contributed by atoms with Crippen LogP contribution in [0.25, 0.3) is 0 Å². The Hall–Kier alpha value is -0.650. The Morgan fingerprint density at radius 3 is 1.67 bits per heavy atom. The lowest BCUT2D eigenvalue weighted by atomic mass is 10.1. The highest BCUT2D eigenvalue weighted by atomic mass is 16.5. The zero-order valence-electron chi connectivity index (χ0n) is 14.4. The summed E-state index contributed by atoms with van der Waals surface area (Å²) in [7, 11) is 0. The molecule has 5 heteroatoms. The SMILES string of the molecule is CCCCCCCCOC(C)=O.CCOCC.OCCO. The van der Waals surface area contributed by atoms with E-state index in [2.05, 4.69) is 6.92 Å². The number of aliphatic hydroxyl groups excluding tert-OH is 2. The van der Waals surface area contributed by atoms with E-state index >= 15 is 0 Å². The topological polar surface area (TPSA) is 76.0 Å². The minimum absolute atomic E-state index is 0.125. The van der Waals surface area contributed by atoms with Crippen LogP contribution < -0.4 is 0 Å². The van der Waals surface area contributed by atoms with E-state index in [-0.39, 0.29) is 19.2 Å². The summed E-state index contributed by atoms with van der Waals surface area (Å²) >= 11 is 0. The molecule has 130 valence electrons. The molecule has 0 saturated heterocycles. The first-order valence-electron chi connectivity index (χ1n) is 8.03. The number of aliphatic hydroxyl groups is 2. The van der Waals surface area contributed by atoms with Gasteiger partial charge in [-0.15, -0.1) is 0 Å². The van der Waals surface area contributed by atoms with E-state index < -0.39 is 0 Å². The smallest absolute Gasteiger partial charge is 0.302 e. The zero-order valence-corrected chi connectivity index (χ0v) is 14.4. The van der Waals surface area contributed by atoms with Gasteiger partial charge >= 0.3 is 5.97 Å². The predicted octanol–water partition coefficient (Wildman–Crippen LogP) is 2.92. The van der Waals surface area contributed by atoms with E-state index in [0.29, 0.717) is 6.61 Å². The molecule has 0 aromatic rings. The molecule has 0 unspecified atom stereocenters. The summed E-state index contributed by atoms with van der Waals surface area (Å²) in [4.78, 5) is 10.4. The lowest BCUT2D eigenvalue weighted by Crippen LogP contribution is -1.99. The Morgan fingerprint density at radius 1 is 0.857 bits per heavy atom. The number of hydrogen-bond donors (Lipinski definition) is 2. The van der Waals surface area contributed by atoms with E-state index in [1.165, 1.54) is 39.0 Å². The van der Waals surface area contributed by atoms with Crippen molar-refractivity contribution >= 4 is 5.97 Å². The van der Waals surface area contributed by atoms with Crippen molar-refractivity contribution in [3.8, 4) is 0 Å². The number of carbonyl (C=O) groups excluding carboxylic acids is 1. The maximum atomic E-state index is 10.4. The van der Waals surface area contributed by atoms with Crippen LogP contribution in [-0.4, -0.2) is 49.2 Å². The molecule has 0 aromatic carbocycles. The third kappa shape index (κ3) is 45.2. The molecule has 0 radical (unpaired) electrons. The van der Waals surface area contributed by atoms with Gasteiger partial charge in [-0.2, -0.15) is 0 Å². The molecule has 0 spiro atoms. The van der Waals surface area contributed by atoms with Gasteiger partial charge in [0.05, 0.1) is 19.8 Å². The fourth-order valence-corrected chi connectivity index (χ4v) is 1.30.